The third kappa shape index (κ3) is 5.66. The first kappa shape index (κ1) is 21.0. The Morgan fingerprint density at radius 3 is 0.833 bits per heavy atom. The van der Waals surface area contributed by atoms with Gasteiger partial charge in [0.15, 0.2) is 0 Å². The SMILES string of the molecule is [CH](CC[CH]P(c1ccccc1)c1ccccc1)P(c1ccccc1)c1ccccc1. The zero-order valence-electron chi connectivity index (χ0n) is 17.0. The van der Waals surface area contributed by atoms with E-state index in [0.29, 0.717) is 0 Å². The first-order chi connectivity index (χ1) is 14.9. The molecular formula is C28H26P2. The van der Waals surface area contributed by atoms with E-state index in [0.717, 1.165) is 12.8 Å². The summed E-state index contributed by atoms with van der Waals surface area (Å²) in [6.07, 6.45) is 7.27. The molecule has 0 aliphatic rings. The molecule has 0 aliphatic heterocycles. The Kier molecular flexibility index (Phi) is 7.85. The molecule has 2 radical (unpaired) electrons. The highest BCUT2D eigenvalue weighted by molar-refractivity contribution is 7.75. The molecule has 0 spiro atoms. The van der Waals surface area contributed by atoms with Crippen molar-refractivity contribution < 1.29 is 0 Å². The molecule has 0 fully saturated rings. The Hall–Kier alpha value is -2.26. The quantitative estimate of drug-likeness (QED) is 0.217. The molecule has 4 aromatic rings. The lowest BCUT2D eigenvalue weighted by molar-refractivity contribution is 1.01. The molecule has 0 heterocycles. The van der Waals surface area contributed by atoms with E-state index in [1.807, 2.05) is 0 Å². The van der Waals surface area contributed by atoms with Gasteiger partial charge in [-0.1, -0.05) is 121 Å². The van der Waals surface area contributed by atoms with Crippen LogP contribution < -0.4 is 21.2 Å². The fraction of sp³-hybridized carbons (Fsp3) is 0.0714. The fourth-order valence-electron chi connectivity index (χ4n) is 3.48. The lowest BCUT2D eigenvalue weighted by atomic mass is 10.4. The molecule has 4 aromatic carbocycles. The molecule has 0 aromatic heterocycles. The van der Waals surface area contributed by atoms with E-state index in [1.54, 1.807) is 0 Å². The monoisotopic (exact) mass is 424 g/mol. The van der Waals surface area contributed by atoms with Crippen molar-refractivity contribution >= 4 is 37.1 Å². The molecular weight excluding hydrogens is 398 g/mol. The molecule has 0 nitrogen and oxygen atoms in total. The van der Waals surface area contributed by atoms with Gasteiger partial charge in [0.1, 0.15) is 0 Å². The van der Waals surface area contributed by atoms with E-state index in [2.05, 4.69) is 134 Å². The molecule has 2 heteroatoms. The van der Waals surface area contributed by atoms with Crippen molar-refractivity contribution in [2.75, 3.05) is 0 Å². The van der Waals surface area contributed by atoms with Crippen LogP contribution in [0.25, 0.3) is 0 Å². The number of benzene rings is 4. The van der Waals surface area contributed by atoms with E-state index >= 15 is 0 Å². The maximum atomic E-state index is 2.54. The molecule has 4 rings (SSSR count). The number of hydrogen-bond acceptors (Lipinski definition) is 0. The van der Waals surface area contributed by atoms with Crippen LogP contribution in [0.1, 0.15) is 12.8 Å². The average molecular weight is 424 g/mol. The third-order valence-electron chi connectivity index (χ3n) is 4.93. The molecule has 0 amide bonds. The van der Waals surface area contributed by atoms with Gasteiger partial charge in [0, 0.05) is 0 Å². The third-order valence-corrected chi connectivity index (χ3v) is 9.59. The average Bonchev–Trinajstić information content (AvgIpc) is 2.84. The molecule has 0 atom stereocenters. The summed E-state index contributed by atoms with van der Waals surface area (Å²) in [5.74, 6) is 0. The second kappa shape index (κ2) is 11.2. The second-order valence-electron chi connectivity index (χ2n) is 7.02. The van der Waals surface area contributed by atoms with Gasteiger partial charge in [-0.2, -0.15) is 0 Å². The van der Waals surface area contributed by atoms with Gasteiger partial charge in [-0.25, -0.2) is 0 Å². The molecule has 0 bridgehead atoms. The highest BCUT2D eigenvalue weighted by Gasteiger charge is 2.16. The highest BCUT2D eigenvalue weighted by Crippen LogP contribution is 2.42. The van der Waals surface area contributed by atoms with Gasteiger partial charge in [0.2, 0.25) is 0 Å². The summed E-state index contributed by atoms with van der Waals surface area (Å²) in [6, 6.07) is 43.7. The van der Waals surface area contributed by atoms with Crippen LogP contribution >= 0.6 is 15.8 Å². The lowest BCUT2D eigenvalue weighted by Gasteiger charge is -2.20. The Balaban J connectivity index is 1.45. The fourth-order valence-corrected chi connectivity index (χ4v) is 7.71. The molecule has 30 heavy (non-hydrogen) atoms. The van der Waals surface area contributed by atoms with Crippen molar-refractivity contribution in [2.45, 2.75) is 12.8 Å². The number of unbranched alkanes of at least 4 members (excludes halogenated alkanes) is 1. The zero-order valence-corrected chi connectivity index (χ0v) is 18.8. The highest BCUT2D eigenvalue weighted by atomic mass is 31.1. The van der Waals surface area contributed by atoms with Crippen molar-refractivity contribution in [2.24, 2.45) is 0 Å². The van der Waals surface area contributed by atoms with Gasteiger partial charge in [-0.05, 0) is 62.2 Å². The molecule has 0 unspecified atom stereocenters. The van der Waals surface area contributed by atoms with Crippen molar-refractivity contribution in [3.63, 3.8) is 0 Å². The van der Waals surface area contributed by atoms with Crippen molar-refractivity contribution in [1.82, 2.24) is 0 Å². The lowest BCUT2D eigenvalue weighted by Crippen LogP contribution is -2.12. The van der Waals surface area contributed by atoms with Crippen molar-refractivity contribution in [1.29, 1.82) is 0 Å². The first-order valence-corrected chi connectivity index (χ1v) is 13.2. The predicted molar refractivity (Wildman–Crippen MR) is 136 cm³/mol. The zero-order chi connectivity index (χ0) is 20.4. The van der Waals surface area contributed by atoms with Gasteiger partial charge in [-0.15, -0.1) is 0 Å². The Labute approximate surface area is 183 Å². The van der Waals surface area contributed by atoms with Crippen LogP contribution in [0.5, 0.6) is 0 Å². The van der Waals surface area contributed by atoms with E-state index in [1.165, 1.54) is 21.2 Å². The van der Waals surface area contributed by atoms with E-state index in [-0.39, 0.29) is 0 Å². The smallest absolute Gasteiger partial charge is 0.00549 e. The van der Waals surface area contributed by atoms with Gasteiger partial charge in [-0.3, -0.25) is 0 Å². The van der Waals surface area contributed by atoms with E-state index in [4.69, 9.17) is 0 Å². The summed E-state index contributed by atoms with van der Waals surface area (Å²) in [5, 5.41) is 5.69. The van der Waals surface area contributed by atoms with Gasteiger partial charge >= 0.3 is 0 Å². The molecule has 0 N–H and O–H groups in total. The largest absolute Gasteiger partial charge is 0.0622 e. The summed E-state index contributed by atoms with van der Waals surface area (Å²) in [4.78, 5) is 0. The standard InChI is InChI=1S/C28H26P2/c1-5-15-25(16-6-1)29(26-17-7-2-8-18-26)23-13-14-24-30(27-19-9-3-10-20-27)28-21-11-4-12-22-28/h1-12,15-24H,13-14H2. The maximum Gasteiger partial charge on any atom is -0.00549 e. The minimum atomic E-state index is -0.428. The van der Waals surface area contributed by atoms with Crippen LogP contribution in [0.2, 0.25) is 0 Å². The van der Waals surface area contributed by atoms with Gasteiger partial charge in [0.05, 0.1) is 0 Å². The summed E-state index contributed by atoms with van der Waals surface area (Å²) in [7, 11) is -0.856. The predicted octanol–water partition coefficient (Wildman–Crippen LogP) is 6.36. The Morgan fingerprint density at radius 2 is 0.600 bits per heavy atom. The number of hydrogen-bond donors (Lipinski definition) is 0. The van der Waals surface area contributed by atoms with Crippen LogP contribution in [0.15, 0.2) is 121 Å². The molecule has 0 aliphatic carbocycles. The van der Waals surface area contributed by atoms with E-state index in [9.17, 15) is 0 Å². The van der Waals surface area contributed by atoms with Crippen molar-refractivity contribution in [3.8, 4) is 0 Å². The summed E-state index contributed by atoms with van der Waals surface area (Å²) in [6.45, 7) is 0. The first-order valence-electron chi connectivity index (χ1n) is 10.4. The van der Waals surface area contributed by atoms with Crippen LogP contribution in [-0.4, -0.2) is 0 Å². The topological polar surface area (TPSA) is 0 Å². The van der Waals surface area contributed by atoms with Gasteiger partial charge < -0.3 is 0 Å². The Morgan fingerprint density at radius 1 is 0.367 bits per heavy atom. The van der Waals surface area contributed by atoms with Crippen LogP contribution in [0.4, 0.5) is 0 Å². The Bertz CT molecular complexity index is 822. The summed E-state index contributed by atoms with van der Waals surface area (Å²) >= 11 is 0. The normalized spacial score (nSPS) is 11.1. The summed E-state index contributed by atoms with van der Waals surface area (Å²) in [5.41, 5.74) is 0. The van der Waals surface area contributed by atoms with Crippen molar-refractivity contribution in [3.05, 3.63) is 134 Å². The summed E-state index contributed by atoms with van der Waals surface area (Å²) < 4.78 is 0. The minimum absolute atomic E-state index is 0.428. The minimum Gasteiger partial charge on any atom is -0.0622 e. The van der Waals surface area contributed by atoms with Crippen LogP contribution in [0.3, 0.4) is 0 Å². The van der Waals surface area contributed by atoms with E-state index < -0.39 is 15.8 Å². The number of rotatable bonds is 9. The maximum absolute atomic E-state index is 2.54. The molecule has 148 valence electrons. The van der Waals surface area contributed by atoms with Crippen LogP contribution in [0, 0.1) is 12.3 Å². The van der Waals surface area contributed by atoms with Crippen LogP contribution in [-0.2, 0) is 0 Å². The second-order valence-corrected chi connectivity index (χ2v) is 11.3. The molecule has 0 saturated carbocycles. The van der Waals surface area contributed by atoms with Gasteiger partial charge in [0.25, 0.3) is 0 Å². The molecule has 0 saturated heterocycles.